The standard InChI is InChI=1S/C24H25NO3/c1-3-21(28-22-15-9-7-11-18(22)2)24(26)25-20-14-8-10-16-23(20)27-17-19-12-5-4-6-13-19/h4-16,21H,3,17H2,1-2H3,(H,25,26). The maximum absolute atomic E-state index is 12.8. The molecular weight excluding hydrogens is 350 g/mol. The number of nitrogens with one attached hydrogen (secondary N) is 1. The Bertz CT molecular complexity index is 908. The Labute approximate surface area is 166 Å². The van der Waals surface area contributed by atoms with Crippen LogP contribution in [0.4, 0.5) is 5.69 Å². The van der Waals surface area contributed by atoms with Gasteiger partial charge in [-0.25, -0.2) is 0 Å². The lowest BCUT2D eigenvalue weighted by Crippen LogP contribution is -2.32. The van der Waals surface area contributed by atoms with Gasteiger partial charge in [-0.1, -0.05) is 67.6 Å². The number of benzene rings is 3. The molecule has 0 aliphatic carbocycles. The molecule has 0 saturated carbocycles. The molecule has 3 aromatic carbocycles. The molecule has 0 heterocycles. The van der Waals surface area contributed by atoms with E-state index in [0.29, 0.717) is 24.5 Å². The monoisotopic (exact) mass is 375 g/mol. The fourth-order valence-electron chi connectivity index (χ4n) is 2.81. The summed E-state index contributed by atoms with van der Waals surface area (Å²) in [5.74, 6) is 1.16. The molecule has 28 heavy (non-hydrogen) atoms. The number of carbonyl (C=O) groups excluding carboxylic acids is 1. The molecule has 1 atom stereocenters. The van der Waals surface area contributed by atoms with Gasteiger partial charge in [0.2, 0.25) is 0 Å². The van der Waals surface area contributed by atoms with Crippen LogP contribution >= 0.6 is 0 Å². The van der Waals surface area contributed by atoms with Gasteiger partial charge in [-0.3, -0.25) is 4.79 Å². The lowest BCUT2D eigenvalue weighted by atomic mass is 10.2. The minimum atomic E-state index is -0.580. The summed E-state index contributed by atoms with van der Waals surface area (Å²) in [6.07, 6.45) is -0.0176. The van der Waals surface area contributed by atoms with E-state index in [4.69, 9.17) is 9.47 Å². The number of anilines is 1. The summed E-state index contributed by atoms with van der Waals surface area (Å²) in [5, 5.41) is 2.95. The van der Waals surface area contributed by atoms with Crippen LogP contribution in [0.3, 0.4) is 0 Å². The normalized spacial score (nSPS) is 11.5. The number of hydrogen-bond donors (Lipinski definition) is 1. The van der Waals surface area contributed by atoms with Gasteiger partial charge in [-0.05, 0) is 42.7 Å². The smallest absolute Gasteiger partial charge is 0.265 e. The molecule has 144 valence electrons. The number of para-hydroxylation sites is 3. The van der Waals surface area contributed by atoms with E-state index in [2.05, 4.69) is 5.32 Å². The molecule has 3 aromatic rings. The molecule has 4 nitrogen and oxygen atoms in total. The molecular formula is C24H25NO3. The van der Waals surface area contributed by atoms with Crippen LogP contribution in [0.15, 0.2) is 78.9 Å². The number of rotatable bonds is 8. The maximum Gasteiger partial charge on any atom is 0.265 e. The van der Waals surface area contributed by atoms with Crippen molar-refractivity contribution in [3.8, 4) is 11.5 Å². The maximum atomic E-state index is 12.8. The first-order chi connectivity index (χ1) is 13.7. The number of amides is 1. The van der Waals surface area contributed by atoms with Gasteiger partial charge in [-0.2, -0.15) is 0 Å². The number of carbonyl (C=O) groups is 1. The zero-order valence-electron chi connectivity index (χ0n) is 16.2. The van der Waals surface area contributed by atoms with E-state index in [1.165, 1.54) is 0 Å². The summed E-state index contributed by atoms with van der Waals surface area (Å²) >= 11 is 0. The highest BCUT2D eigenvalue weighted by atomic mass is 16.5. The summed E-state index contributed by atoms with van der Waals surface area (Å²) < 4.78 is 11.9. The molecule has 1 amide bonds. The van der Waals surface area contributed by atoms with Crippen LogP contribution in [0.25, 0.3) is 0 Å². The Balaban J connectivity index is 1.68. The third-order valence-corrected chi connectivity index (χ3v) is 4.41. The molecule has 0 spiro atoms. The molecule has 4 heteroatoms. The molecule has 0 bridgehead atoms. The van der Waals surface area contributed by atoms with Crippen LogP contribution in [0.2, 0.25) is 0 Å². The molecule has 0 saturated heterocycles. The molecule has 0 fully saturated rings. The molecule has 3 rings (SSSR count). The van der Waals surface area contributed by atoms with E-state index in [9.17, 15) is 4.79 Å². The van der Waals surface area contributed by atoms with Gasteiger partial charge in [0, 0.05) is 0 Å². The Hall–Kier alpha value is -3.27. The highest BCUT2D eigenvalue weighted by Gasteiger charge is 2.20. The minimum Gasteiger partial charge on any atom is -0.487 e. The predicted molar refractivity (Wildman–Crippen MR) is 112 cm³/mol. The third kappa shape index (κ3) is 5.13. The quantitative estimate of drug-likeness (QED) is 0.576. The lowest BCUT2D eigenvalue weighted by Gasteiger charge is -2.19. The largest absolute Gasteiger partial charge is 0.487 e. The van der Waals surface area contributed by atoms with Crippen molar-refractivity contribution in [3.05, 3.63) is 90.0 Å². The van der Waals surface area contributed by atoms with Crippen molar-refractivity contribution in [2.75, 3.05) is 5.32 Å². The Morgan fingerprint density at radius 2 is 1.54 bits per heavy atom. The zero-order chi connectivity index (χ0) is 19.8. The van der Waals surface area contributed by atoms with Crippen molar-refractivity contribution in [2.45, 2.75) is 33.0 Å². The highest BCUT2D eigenvalue weighted by molar-refractivity contribution is 5.95. The van der Waals surface area contributed by atoms with Crippen LogP contribution in [-0.2, 0) is 11.4 Å². The fourth-order valence-corrected chi connectivity index (χ4v) is 2.81. The van der Waals surface area contributed by atoms with Crippen molar-refractivity contribution in [1.82, 2.24) is 0 Å². The third-order valence-electron chi connectivity index (χ3n) is 4.41. The van der Waals surface area contributed by atoms with Crippen molar-refractivity contribution >= 4 is 11.6 Å². The molecule has 1 unspecified atom stereocenters. The molecule has 1 N–H and O–H groups in total. The van der Waals surface area contributed by atoms with Gasteiger partial charge in [0.05, 0.1) is 5.69 Å². The van der Waals surface area contributed by atoms with E-state index in [0.717, 1.165) is 16.9 Å². The fraction of sp³-hybridized carbons (Fsp3) is 0.208. The topological polar surface area (TPSA) is 47.6 Å². The molecule has 0 aromatic heterocycles. The van der Waals surface area contributed by atoms with E-state index >= 15 is 0 Å². The first-order valence-corrected chi connectivity index (χ1v) is 9.46. The van der Waals surface area contributed by atoms with Gasteiger partial charge in [-0.15, -0.1) is 0 Å². The van der Waals surface area contributed by atoms with Crippen LogP contribution in [0.1, 0.15) is 24.5 Å². The Kier molecular flexibility index (Phi) is 6.68. The Morgan fingerprint density at radius 1 is 0.893 bits per heavy atom. The second kappa shape index (κ2) is 9.60. The second-order valence-corrected chi connectivity index (χ2v) is 6.54. The number of ether oxygens (including phenoxy) is 2. The van der Waals surface area contributed by atoms with Crippen LogP contribution in [-0.4, -0.2) is 12.0 Å². The lowest BCUT2D eigenvalue weighted by molar-refractivity contribution is -0.122. The van der Waals surface area contributed by atoms with Crippen molar-refractivity contribution in [1.29, 1.82) is 0 Å². The Morgan fingerprint density at radius 3 is 2.25 bits per heavy atom. The van der Waals surface area contributed by atoms with E-state index < -0.39 is 6.10 Å². The van der Waals surface area contributed by atoms with Gasteiger partial charge < -0.3 is 14.8 Å². The molecule has 0 aliphatic heterocycles. The van der Waals surface area contributed by atoms with Crippen molar-refractivity contribution in [2.24, 2.45) is 0 Å². The average Bonchev–Trinajstić information content (AvgIpc) is 2.73. The zero-order valence-corrected chi connectivity index (χ0v) is 16.2. The van der Waals surface area contributed by atoms with Crippen LogP contribution in [0, 0.1) is 6.92 Å². The van der Waals surface area contributed by atoms with Crippen molar-refractivity contribution < 1.29 is 14.3 Å². The van der Waals surface area contributed by atoms with E-state index in [1.54, 1.807) is 0 Å². The SMILES string of the molecule is CCC(Oc1ccccc1C)C(=O)Nc1ccccc1OCc1ccccc1. The summed E-state index contributed by atoms with van der Waals surface area (Å²) in [6.45, 7) is 4.33. The van der Waals surface area contributed by atoms with Gasteiger partial charge in [0.25, 0.3) is 5.91 Å². The first-order valence-electron chi connectivity index (χ1n) is 9.46. The van der Waals surface area contributed by atoms with Gasteiger partial charge in [0.15, 0.2) is 6.10 Å². The average molecular weight is 375 g/mol. The highest BCUT2D eigenvalue weighted by Crippen LogP contribution is 2.26. The second-order valence-electron chi connectivity index (χ2n) is 6.54. The minimum absolute atomic E-state index is 0.193. The first kappa shape index (κ1) is 19.5. The summed E-state index contributed by atoms with van der Waals surface area (Å²) in [7, 11) is 0. The van der Waals surface area contributed by atoms with Gasteiger partial charge in [0.1, 0.15) is 18.1 Å². The summed E-state index contributed by atoms with van der Waals surface area (Å²) in [6, 6.07) is 25.1. The van der Waals surface area contributed by atoms with Crippen LogP contribution in [0.5, 0.6) is 11.5 Å². The van der Waals surface area contributed by atoms with Crippen LogP contribution < -0.4 is 14.8 Å². The van der Waals surface area contributed by atoms with Crippen molar-refractivity contribution in [3.63, 3.8) is 0 Å². The summed E-state index contributed by atoms with van der Waals surface area (Å²) in [4.78, 5) is 12.8. The number of aryl methyl sites for hydroxylation is 1. The molecule has 0 aliphatic rings. The predicted octanol–water partition coefficient (Wildman–Crippen LogP) is 5.37. The number of hydrogen-bond acceptors (Lipinski definition) is 3. The molecule has 0 radical (unpaired) electrons. The van der Waals surface area contributed by atoms with Gasteiger partial charge >= 0.3 is 0 Å². The van der Waals surface area contributed by atoms with E-state index in [1.807, 2.05) is 92.7 Å². The summed E-state index contributed by atoms with van der Waals surface area (Å²) in [5.41, 5.74) is 2.70. The van der Waals surface area contributed by atoms with E-state index in [-0.39, 0.29) is 5.91 Å².